The lowest BCUT2D eigenvalue weighted by molar-refractivity contribution is 0.169. The highest BCUT2D eigenvalue weighted by Crippen LogP contribution is 2.17. The first-order valence-corrected chi connectivity index (χ1v) is 5.26. The molecule has 96 valence electrons. The Morgan fingerprint density at radius 3 is 2.94 bits per heavy atom. The highest BCUT2D eigenvalue weighted by molar-refractivity contribution is 5.21. The molecule has 0 aliphatic heterocycles. The minimum atomic E-state index is -1.15. The normalized spacial score (nSPS) is 12.6. The summed E-state index contributed by atoms with van der Waals surface area (Å²) in [5.41, 5.74) is -0.0874. The van der Waals surface area contributed by atoms with Gasteiger partial charge >= 0.3 is 0 Å². The van der Waals surface area contributed by atoms with Crippen LogP contribution in [0.3, 0.4) is 0 Å². The monoisotopic (exact) mass is 255 g/mol. The Bertz CT molecular complexity index is 505. The van der Waals surface area contributed by atoms with E-state index in [2.05, 4.69) is 20.0 Å². The van der Waals surface area contributed by atoms with Crippen LogP contribution in [0.4, 0.5) is 8.78 Å². The van der Waals surface area contributed by atoms with Gasteiger partial charge in [-0.05, 0) is 18.2 Å². The van der Waals surface area contributed by atoms with E-state index in [-0.39, 0.29) is 18.7 Å². The van der Waals surface area contributed by atoms with Gasteiger partial charge in [-0.1, -0.05) is 5.16 Å². The zero-order valence-electron chi connectivity index (χ0n) is 9.31. The third-order valence-corrected chi connectivity index (χ3v) is 2.34. The van der Waals surface area contributed by atoms with Gasteiger partial charge in [0.1, 0.15) is 11.6 Å². The first-order chi connectivity index (χ1) is 8.66. The first kappa shape index (κ1) is 12.6. The maximum atomic E-state index is 13.3. The van der Waals surface area contributed by atoms with Crippen molar-refractivity contribution in [2.45, 2.75) is 12.6 Å². The predicted molar refractivity (Wildman–Crippen MR) is 57.3 cm³/mol. The molecule has 18 heavy (non-hydrogen) atoms. The summed E-state index contributed by atoms with van der Waals surface area (Å²) in [6.45, 7) is 0.319. The molecule has 0 aliphatic rings. The van der Waals surface area contributed by atoms with Crippen LogP contribution >= 0.6 is 0 Å². The SMILES string of the molecule is OC(CNCc1ncon1)c1cc(F)ccc1F. The number of nitrogens with zero attached hydrogens (tertiary/aromatic N) is 2. The number of hydrogen-bond acceptors (Lipinski definition) is 5. The van der Waals surface area contributed by atoms with Crippen LogP contribution in [0.5, 0.6) is 0 Å². The van der Waals surface area contributed by atoms with Crippen molar-refractivity contribution in [2.24, 2.45) is 0 Å². The zero-order valence-corrected chi connectivity index (χ0v) is 9.31. The Labute approximate surface area is 101 Å². The smallest absolute Gasteiger partial charge is 0.213 e. The highest BCUT2D eigenvalue weighted by atomic mass is 19.1. The lowest BCUT2D eigenvalue weighted by atomic mass is 10.1. The zero-order chi connectivity index (χ0) is 13.0. The molecule has 2 rings (SSSR count). The van der Waals surface area contributed by atoms with Gasteiger partial charge in [0, 0.05) is 12.1 Å². The minimum absolute atomic E-state index is 0.0505. The number of benzene rings is 1. The van der Waals surface area contributed by atoms with E-state index in [9.17, 15) is 13.9 Å². The van der Waals surface area contributed by atoms with Crippen molar-refractivity contribution in [3.05, 3.63) is 47.6 Å². The molecule has 0 amide bonds. The van der Waals surface area contributed by atoms with Crippen molar-refractivity contribution in [1.29, 1.82) is 0 Å². The predicted octanol–water partition coefficient (Wildman–Crippen LogP) is 1.17. The van der Waals surface area contributed by atoms with E-state index in [1.165, 1.54) is 6.39 Å². The molecule has 0 aliphatic carbocycles. The summed E-state index contributed by atoms with van der Waals surface area (Å²) in [6.07, 6.45) is 0.0345. The van der Waals surface area contributed by atoms with E-state index in [4.69, 9.17) is 0 Å². The molecule has 2 aromatic rings. The Kier molecular flexibility index (Phi) is 3.96. The van der Waals surface area contributed by atoms with Crippen molar-refractivity contribution in [1.82, 2.24) is 15.5 Å². The van der Waals surface area contributed by atoms with E-state index >= 15 is 0 Å². The topological polar surface area (TPSA) is 71.2 Å². The van der Waals surface area contributed by atoms with Crippen LogP contribution in [-0.4, -0.2) is 21.8 Å². The number of aromatic nitrogens is 2. The highest BCUT2D eigenvalue weighted by Gasteiger charge is 2.13. The second-order valence-corrected chi connectivity index (χ2v) is 3.66. The van der Waals surface area contributed by atoms with Crippen LogP contribution in [0.2, 0.25) is 0 Å². The average Bonchev–Trinajstić information content (AvgIpc) is 2.85. The standard InChI is InChI=1S/C11H11F2N3O2/c12-7-1-2-9(13)8(3-7)10(17)4-14-5-11-15-6-18-16-11/h1-3,6,10,14,17H,4-5H2. The lowest BCUT2D eigenvalue weighted by Gasteiger charge is -2.12. The minimum Gasteiger partial charge on any atom is -0.387 e. The first-order valence-electron chi connectivity index (χ1n) is 5.26. The van der Waals surface area contributed by atoms with Gasteiger partial charge < -0.3 is 14.9 Å². The maximum Gasteiger partial charge on any atom is 0.213 e. The Morgan fingerprint density at radius 1 is 1.39 bits per heavy atom. The van der Waals surface area contributed by atoms with Crippen LogP contribution in [0.1, 0.15) is 17.5 Å². The summed E-state index contributed by atoms with van der Waals surface area (Å²) < 4.78 is 30.8. The number of nitrogens with one attached hydrogen (secondary N) is 1. The van der Waals surface area contributed by atoms with Crippen molar-refractivity contribution in [3.63, 3.8) is 0 Å². The summed E-state index contributed by atoms with van der Waals surface area (Å²) in [4.78, 5) is 3.76. The van der Waals surface area contributed by atoms with Crippen molar-refractivity contribution < 1.29 is 18.4 Å². The largest absolute Gasteiger partial charge is 0.387 e. The Morgan fingerprint density at radius 2 is 2.22 bits per heavy atom. The van der Waals surface area contributed by atoms with Crippen LogP contribution < -0.4 is 5.32 Å². The maximum absolute atomic E-state index is 13.3. The molecule has 0 radical (unpaired) electrons. The molecule has 0 spiro atoms. The molecular formula is C11H11F2N3O2. The van der Waals surface area contributed by atoms with Crippen molar-refractivity contribution in [3.8, 4) is 0 Å². The fraction of sp³-hybridized carbons (Fsp3) is 0.273. The summed E-state index contributed by atoms with van der Waals surface area (Å²) in [5.74, 6) is -0.823. The van der Waals surface area contributed by atoms with E-state index in [0.717, 1.165) is 18.2 Å². The molecule has 5 nitrogen and oxygen atoms in total. The molecule has 0 bridgehead atoms. The fourth-order valence-corrected chi connectivity index (χ4v) is 1.47. The third kappa shape index (κ3) is 3.08. The van der Waals surface area contributed by atoms with E-state index in [1.807, 2.05) is 0 Å². The second kappa shape index (κ2) is 5.65. The second-order valence-electron chi connectivity index (χ2n) is 3.66. The Balaban J connectivity index is 1.91. The van der Waals surface area contributed by atoms with Gasteiger partial charge in [-0.3, -0.25) is 0 Å². The van der Waals surface area contributed by atoms with Crippen molar-refractivity contribution >= 4 is 0 Å². The van der Waals surface area contributed by atoms with Gasteiger partial charge in [0.2, 0.25) is 6.39 Å². The van der Waals surface area contributed by atoms with E-state index in [1.54, 1.807) is 0 Å². The van der Waals surface area contributed by atoms with E-state index < -0.39 is 17.7 Å². The third-order valence-electron chi connectivity index (χ3n) is 2.34. The summed E-state index contributed by atoms with van der Waals surface area (Å²) in [7, 11) is 0. The Hall–Kier alpha value is -1.86. The number of halogens is 2. The molecule has 1 atom stereocenters. The van der Waals surface area contributed by atoms with Crippen molar-refractivity contribution in [2.75, 3.05) is 6.54 Å². The van der Waals surface area contributed by atoms with E-state index in [0.29, 0.717) is 5.82 Å². The number of hydrogen-bond donors (Lipinski definition) is 2. The molecule has 1 aromatic carbocycles. The molecule has 0 saturated heterocycles. The molecular weight excluding hydrogens is 244 g/mol. The van der Waals surface area contributed by atoms with Gasteiger partial charge in [0.25, 0.3) is 0 Å². The average molecular weight is 255 g/mol. The fourth-order valence-electron chi connectivity index (χ4n) is 1.47. The van der Waals surface area contributed by atoms with Gasteiger partial charge in [-0.25, -0.2) is 8.78 Å². The van der Waals surface area contributed by atoms with Gasteiger partial charge in [-0.2, -0.15) is 4.98 Å². The molecule has 0 fully saturated rings. The number of rotatable bonds is 5. The molecule has 2 N–H and O–H groups in total. The lowest BCUT2D eigenvalue weighted by Crippen LogP contribution is -2.22. The van der Waals surface area contributed by atoms with Crippen LogP contribution in [-0.2, 0) is 6.54 Å². The van der Waals surface area contributed by atoms with Gasteiger partial charge in [-0.15, -0.1) is 0 Å². The van der Waals surface area contributed by atoms with Gasteiger partial charge in [0.05, 0.1) is 12.6 Å². The summed E-state index contributed by atoms with van der Waals surface area (Å²) in [6, 6.07) is 2.95. The molecule has 1 aromatic heterocycles. The number of aliphatic hydroxyl groups is 1. The number of aliphatic hydroxyl groups excluding tert-OH is 1. The van der Waals surface area contributed by atoms with Crippen LogP contribution in [0, 0.1) is 11.6 Å². The molecule has 7 heteroatoms. The summed E-state index contributed by atoms with van der Waals surface area (Å²) in [5, 5.41) is 16.1. The molecule has 1 heterocycles. The quantitative estimate of drug-likeness (QED) is 0.839. The molecule has 1 unspecified atom stereocenters. The van der Waals surface area contributed by atoms with Crippen LogP contribution in [0.15, 0.2) is 29.1 Å². The molecule has 0 saturated carbocycles. The van der Waals surface area contributed by atoms with Gasteiger partial charge in [0.15, 0.2) is 5.82 Å². The van der Waals surface area contributed by atoms with Crippen LogP contribution in [0.25, 0.3) is 0 Å². The summed E-state index contributed by atoms with van der Waals surface area (Å²) >= 11 is 0.